The maximum Gasteiger partial charge on any atom is 0.329 e. The van der Waals surface area contributed by atoms with Gasteiger partial charge in [-0.05, 0) is 25.1 Å². The van der Waals surface area contributed by atoms with Gasteiger partial charge in [-0.15, -0.1) is 11.3 Å². The average Bonchev–Trinajstić information content (AvgIpc) is 3.01. The lowest BCUT2D eigenvalue weighted by Gasteiger charge is -2.00. The molecular weight excluding hydrogens is 320 g/mol. The van der Waals surface area contributed by atoms with Crippen LogP contribution >= 0.6 is 11.3 Å². The van der Waals surface area contributed by atoms with Crippen LogP contribution in [-0.2, 0) is 9.59 Å². The van der Waals surface area contributed by atoms with E-state index < -0.39 is 16.7 Å². The summed E-state index contributed by atoms with van der Waals surface area (Å²) in [5, 5.41) is 14.8. The molecule has 0 unspecified atom stereocenters. The second-order valence-electron chi connectivity index (χ2n) is 4.44. The molecule has 2 rings (SSSR count). The molecule has 0 spiro atoms. The van der Waals surface area contributed by atoms with Crippen molar-refractivity contribution in [2.24, 2.45) is 10.8 Å². The van der Waals surface area contributed by atoms with Crippen molar-refractivity contribution in [3.63, 3.8) is 0 Å². The molecule has 0 radical (unpaired) electrons. The lowest BCUT2D eigenvalue weighted by molar-refractivity contribution is -0.384. The molecule has 0 aliphatic rings. The molecule has 3 N–H and O–H groups in total. The Balaban J connectivity index is 2.28. The van der Waals surface area contributed by atoms with Crippen LogP contribution in [0.5, 0.6) is 0 Å². The highest BCUT2D eigenvalue weighted by atomic mass is 32.1. The Bertz CT molecular complexity index is 813. The van der Waals surface area contributed by atoms with Crippen LogP contribution in [-0.4, -0.2) is 22.4 Å². The predicted molar refractivity (Wildman–Crippen MR) is 86.0 cm³/mol. The number of benzene rings is 1. The number of nitro benzene ring substituents is 1. The van der Waals surface area contributed by atoms with Crippen molar-refractivity contribution >= 4 is 34.6 Å². The van der Waals surface area contributed by atoms with E-state index in [1.54, 1.807) is 37.3 Å². The Morgan fingerprint density at radius 3 is 2.61 bits per heavy atom. The molecule has 0 fully saturated rings. The van der Waals surface area contributed by atoms with Gasteiger partial charge >= 0.3 is 11.8 Å². The van der Waals surface area contributed by atoms with E-state index in [4.69, 9.17) is 5.73 Å². The van der Waals surface area contributed by atoms with Crippen LogP contribution in [0, 0.1) is 10.1 Å². The van der Waals surface area contributed by atoms with E-state index in [0.29, 0.717) is 21.0 Å². The zero-order chi connectivity index (χ0) is 17.0. The third kappa shape index (κ3) is 3.77. The fourth-order valence-corrected chi connectivity index (χ4v) is 2.75. The number of para-hydroxylation sites is 1. The summed E-state index contributed by atoms with van der Waals surface area (Å²) in [4.78, 5) is 33.7. The number of nitrogens with zero attached hydrogens (tertiary/aromatic N) is 2. The number of rotatable bonds is 4. The number of nitro groups is 1. The summed E-state index contributed by atoms with van der Waals surface area (Å²) in [5.74, 6) is -2.15. The second-order valence-corrected chi connectivity index (χ2v) is 5.52. The van der Waals surface area contributed by atoms with Gasteiger partial charge < -0.3 is 5.73 Å². The molecule has 1 heterocycles. The van der Waals surface area contributed by atoms with Gasteiger partial charge in [-0.1, -0.05) is 12.1 Å². The van der Waals surface area contributed by atoms with E-state index in [0.717, 1.165) is 0 Å². The van der Waals surface area contributed by atoms with E-state index >= 15 is 0 Å². The highest BCUT2D eigenvalue weighted by Gasteiger charge is 2.16. The highest BCUT2D eigenvalue weighted by molar-refractivity contribution is 7.17. The fraction of sp³-hybridized carbons (Fsp3) is 0.0714. The number of nitrogens with two attached hydrogens (primary N) is 1. The molecule has 2 amide bonds. The number of amides is 2. The molecular formula is C14H12N4O4S. The van der Waals surface area contributed by atoms with Gasteiger partial charge in [-0.3, -0.25) is 19.7 Å². The first kappa shape index (κ1) is 16.3. The number of nitrogens with one attached hydrogen (secondary N) is 1. The van der Waals surface area contributed by atoms with Crippen LogP contribution in [0.3, 0.4) is 0 Å². The number of hydrogen-bond donors (Lipinski definition) is 2. The first-order valence-corrected chi connectivity index (χ1v) is 7.20. The van der Waals surface area contributed by atoms with Crippen molar-refractivity contribution in [1.82, 2.24) is 5.43 Å². The van der Waals surface area contributed by atoms with Crippen molar-refractivity contribution in [2.45, 2.75) is 6.92 Å². The molecule has 0 saturated heterocycles. The normalized spacial score (nSPS) is 11.1. The molecule has 0 aliphatic heterocycles. The Labute approximate surface area is 134 Å². The molecule has 1 aromatic heterocycles. The van der Waals surface area contributed by atoms with E-state index in [1.807, 2.05) is 5.43 Å². The van der Waals surface area contributed by atoms with Crippen molar-refractivity contribution in [1.29, 1.82) is 0 Å². The predicted octanol–water partition coefficient (Wildman–Crippen LogP) is 1.65. The molecule has 9 heteroatoms. The van der Waals surface area contributed by atoms with E-state index in [1.165, 1.54) is 17.4 Å². The number of hydrazone groups is 1. The molecule has 0 bridgehead atoms. The largest absolute Gasteiger partial charge is 0.361 e. The molecule has 8 nitrogen and oxygen atoms in total. The molecule has 0 saturated carbocycles. The van der Waals surface area contributed by atoms with Gasteiger partial charge in [0.1, 0.15) is 0 Å². The van der Waals surface area contributed by atoms with Gasteiger partial charge in [0.25, 0.3) is 5.69 Å². The number of thiophene rings is 1. The first-order valence-electron chi connectivity index (χ1n) is 6.38. The van der Waals surface area contributed by atoms with E-state index in [9.17, 15) is 19.7 Å². The Morgan fingerprint density at radius 1 is 1.26 bits per heavy atom. The van der Waals surface area contributed by atoms with Gasteiger partial charge in [-0.25, -0.2) is 5.43 Å². The van der Waals surface area contributed by atoms with Crippen molar-refractivity contribution in [3.8, 4) is 10.4 Å². The Morgan fingerprint density at radius 2 is 1.96 bits per heavy atom. The summed E-state index contributed by atoms with van der Waals surface area (Å²) in [5.41, 5.74) is 7.80. The standard InChI is InChI=1S/C14H12N4O4S/c1-8(16-17-14(20)13(15)19)11-6-7-12(23-11)9-4-2-3-5-10(9)18(21)22/h2-7H,1H3,(H2,15,19)(H,17,20). The van der Waals surface area contributed by atoms with Crippen LogP contribution in [0.4, 0.5) is 5.69 Å². The minimum Gasteiger partial charge on any atom is -0.361 e. The molecule has 1 aromatic carbocycles. The zero-order valence-corrected chi connectivity index (χ0v) is 12.8. The summed E-state index contributed by atoms with van der Waals surface area (Å²) in [6, 6.07) is 9.87. The third-order valence-electron chi connectivity index (χ3n) is 2.88. The van der Waals surface area contributed by atoms with Crippen LogP contribution in [0.25, 0.3) is 10.4 Å². The summed E-state index contributed by atoms with van der Waals surface area (Å²) in [7, 11) is 0. The third-order valence-corrected chi connectivity index (χ3v) is 4.11. The van der Waals surface area contributed by atoms with Crippen molar-refractivity contribution in [2.75, 3.05) is 0 Å². The van der Waals surface area contributed by atoms with Gasteiger partial charge in [0.15, 0.2) is 0 Å². The number of carbonyl (C=O) groups is 2. The van der Waals surface area contributed by atoms with E-state index in [-0.39, 0.29) is 5.69 Å². The summed E-state index contributed by atoms with van der Waals surface area (Å²) in [6.07, 6.45) is 0. The van der Waals surface area contributed by atoms with Crippen LogP contribution in [0.15, 0.2) is 41.5 Å². The minimum atomic E-state index is -1.13. The Kier molecular flexibility index (Phi) is 4.82. The average molecular weight is 332 g/mol. The number of hydrogen-bond acceptors (Lipinski definition) is 6. The highest BCUT2D eigenvalue weighted by Crippen LogP contribution is 2.34. The second kappa shape index (κ2) is 6.79. The molecule has 0 atom stereocenters. The van der Waals surface area contributed by atoms with Crippen LogP contribution in [0.2, 0.25) is 0 Å². The minimum absolute atomic E-state index is 0.0116. The first-order chi connectivity index (χ1) is 10.9. The lowest BCUT2D eigenvalue weighted by Crippen LogP contribution is -2.33. The molecule has 2 aromatic rings. The smallest absolute Gasteiger partial charge is 0.329 e. The maximum absolute atomic E-state index is 11.1. The zero-order valence-electron chi connectivity index (χ0n) is 12.0. The maximum atomic E-state index is 11.1. The summed E-state index contributed by atoms with van der Waals surface area (Å²) in [6.45, 7) is 1.64. The topological polar surface area (TPSA) is 128 Å². The SMILES string of the molecule is CC(=NNC(=O)C(N)=O)c1ccc(-c2ccccc2[N+](=O)[O-])s1. The molecule has 118 valence electrons. The van der Waals surface area contributed by atoms with Crippen LogP contribution in [0.1, 0.15) is 11.8 Å². The molecule has 23 heavy (non-hydrogen) atoms. The summed E-state index contributed by atoms with van der Waals surface area (Å²) >= 11 is 1.28. The lowest BCUT2D eigenvalue weighted by atomic mass is 10.1. The van der Waals surface area contributed by atoms with E-state index in [2.05, 4.69) is 5.10 Å². The van der Waals surface area contributed by atoms with Gasteiger partial charge in [0.2, 0.25) is 0 Å². The summed E-state index contributed by atoms with van der Waals surface area (Å²) < 4.78 is 0. The Hall–Kier alpha value is -3.07. The number of carbonyl (C=O) groups excluding carboxylic acids is 2. The van der Waals surface area contributed by atoms with Gasteiger partial charge in [0, 0.05) is 10.9 Å². The van der Waals surface area contributed by atoms with Gasteiger partial charge in [-0.2, -0.15) is 5.10 Å². The van der Waals surface area contributed by atoms with Crippen molar-refractivity contribution in [3.05, 3.63) is 51.4 Å². The van der Waals surface area contributed by atoms with Crippen molar-refractivity contribution < 1.29 is 14.5 Å². The van der Waals surface area contributed by atoms with Crippen LogP contribution < -0.4 is 11.2 Å². The fourth-order valence-electron chi connectivity index (χ4n) is 1.76. The van der Waals surface area contributed by atoms with Gasteiger partial charge in [0.05, 0.1) is 21.1 Å². The quantitative estimate of drug-likeness (QED) is 0.382. The monoisotopic (exact) mass is 332 g/mol. The molecule has 0 aliphatic carbocycles. The number of primary amides is 1.